The van der Waals surface area contributed by atoms with Crippen LogP contribution < -0.4 is 0 Å². The molecule has 1 fully saturated rings. The molecule has 0 aliphatic carbocycles. The first-order valence-corrected chi connectivity index (χ1v) is 7.81. The predicted octanol–water partition coefficient (Wildman–Crippen LogP) is 1.18. The highest BCUT2D eigenvalue weighted by molar-refractivity contribution is 7.89. The van der Waals surface area contributed by atoms with Crippen LogP contribution in [-0.2, 0) is 14.8 Å². The van der Waals surface area contributed by atoms with Crippen molar-refractivity contribution in [3.63, 3.8) is 0 Å². The van der Waals surface area contributed by atoms with Crippen molar-refractivity contribution in [1.29, 1.82) is 0 Å². The number of hydrogen-bond donors (Lipinski definition) is 1. The van der Waals surface area contributed by atoms with Crippen LogP contribution in [0.2, 0.25) is 0 Å². The molecule has 0 saturated carbocycles. The summed E-state index contributed by atoms with van der Waals surface area (Å²) in [5.41, 5.74) is -0.203. The van der Waals surface area contributed by atoms with Crippen LogP contribution in [0.15, 0.2) is 29.2 Å². The maximum absolute atomic E-state index is 12.6. The molecular formula is C13H17NO5S. The van der Waals surface area contributed by atoms with Crippen LogP contribution in [0.4, 0.5) is 0 Å². The lowest BCUT2D eigenvalue weighted by molar-refractivity contribution is 0.0692. The van der Waals surface area contributed by atoms with E-state index in [1.807, 2.05) is 0 Å². The summed E-state index contributed by atoms with van der Waals surface area (Å²) in [5.74, 6) is -1.25. The lowest BCUT2D eigenvalue weighted by atomic mass is 10.2. The van der Waals surface area contributed by atoms with Crippen molar-refractivity contribution in [3.8, 4) is 0 Å². The van der Waals surface area contributed by atoms with Gasteiger partial charge in [0.2, 0.25) is 10.0 Å². The van der Waals surface area contributed by atoms with Crippen molar-refractivity contribution in [2.75, 3.05) is 19.7 Å². The molecule has 0 amide bonds. The monoisotopic (exact) mass is 299 g/mol. The van der Waals surface area contributed by atoms with E-state index in [4.69, 9.17) is 9.84 Å². The van der Waals surface area contributed by atoms with E-state index >= 15 is 0 Å². The van der Waals surface area contributed by atoms with Crippen molar-refractivity contribution in [3.05, 3.63) is 29.8 Å². The summed E-state index contributed by atoms with van der Waals surface area (Å²) in [5, 5.41) is 9.13. The molecule has 1 aromatic carbocycles. The second-order valence-electron chi connectivity index (χ2n) is 4.70. The third-order valence-corrected chi connectivity index (χ3v) is 5.07. The van der Waals surface area contributed by atoms with E-state index in [1.54, 1.807) is 6.92 Å². The molecular weight excluding hydrogens is 282 g/mol. The summed E-state index contributed by atoms with van der Waals surface area (Å²) in [6.45, 7) is 2.88. The van der Waals surface area contributed by atoms with E-state index in [-0.39, 0.29) is 23.1 Å². The first-order valence-electron chi connectivity index (χ1n) is 6.37. The van der Waals surface area contributed by atoms with Crippen LogP contribution in [0.1, 0.15) is 23.7 Å². The van der Waals surface area contributed by atoms with Crippen molar-refractivity contribution >= 4 is 16.0 Å². The van der Waals surface area contributed by atoms with Gasteiger partial charge in [-0.2, -0.15) is 4.31 Å². The average Bonchev–Trinajstić information content (AvgIpc) is 2.64. The molecule has 1 atom stereocenters. The Kier molecular flexibility index (Phi) is 4.42. The zero-order valence-corrected chi connectivity index (χ0v) is 12.0. The molecule has 6 nitrogen and oxygen atoms in total. The fourth-order valence-corrected chi connectivity index (χ4v) is 3.92. The molecule has 7 heteroatoms. The Morgan fingerprint density at radius 3 is 2.80 bits per heavy atom. The number of benzene rings is 1. The van der Waals surface area contributed by atoms with Gasteiger partial charge in [0.25, 0.3) is 0 Å². The molecule has 1 heterocycles. The average molecular weight is 299 g/mol. The van der Waals surface area contributed by atoms with Gasteiger partial charge in [-0.3, -0.25) is 0 Å². The number of carboxylic acid groups (broad SMARTS) is 1. The van der Waals surface area contributed by atoms with E-state index in [2.05, 4.69) is 0 Å². The minimum atomic E-state index is -3.82. The molecule has 2 rings (SSSR count). The number of hydrogen-bond acceptors (Lipinski definition) is 4. The largest absolute Gasteiger partial charge is 0.478 e. The normalized spacial score (nSPS) is 21.4. The van der Waals surface area contributed by atoms with E-state index in [0.29, 0.717) is 19.6 Å². The quantitative estimate of drug-likeness (QED) is 0.906. The summed E-state index contributed by atoms with van der Waals surface area (Å²) in [7, 11) is -3.82. The second-order valence-corrected chi connectivity index (χ2v) is 6.61. The Balaban J connectivity index is 2.42. The number of nitrogens with zero attached hydrogens (tertiary/aromatic N) is 1. The molecule has 0 aromatic heterocycles. The van der Waals surface area contributed by atoms with Gasteiger partial charge >= 0.3 is 5.97 Å². The van der Waals surface area contributed by atoms with Crippen LogP contribution in [0.25, 0.3) is 0 Å². The molecule has 20 heavy (non-hydrogen) atoms. The molecule has 1 N–H and O–H groups in total. The highest BCUT2D eigenvalue weighted by atomic mass is 32.2. The van der Waals surface area contributed by atoms with Gasteiger partial charge in [0.05, 0.1) is 16.6 Å². The lowest BCUT2D eigenvalue weighted by Crippen LogP contribution is -2.36. The number of carboxylic acids is 1. The first-order chi connectivity index (χ1) is 9.43. The molecule has 1 aliphatic rings. The zero-order valence-electron chi connectivity index (χ0n) is 11.2. The lowest BCUT2D eigenvalue weighted by Gasteiger charge is -2.22. The van der Waals surface area contributed by atoms with E-state index in [9.17, 15) is 13.2 Å². The topological polar surface area (TPSA) is 83.9 Å². The molecule has 110 valence electrons. The first kappa shape index (κ1) is 15.0. The molecule has 0 spiro atoms. The van der Waals surface area contributed by atoms with Crippen molar-refractivity contribution < 1.29 is 23.1 Å². The summed E-state index contributed by atoms with van der Waals surface area (Å²) < 4.78 is 32.0. The van der Waals surface area contributed by atoms with E-state index in [0.717, 1.165) is 0 Å². The Bertz CT molecular complexity index is 599. The minimum absolute atomic E-state index is 0.165. The third-order valence-electron chi connectivity index (χ3n) is 3.15. The molecule has 1 aliphatic heterocycles. The molecule has 0 bridgehead atoms. The standard InChI is InChI=1S/C13H17NO5S/c1-10-9-14(7-4-8-19-10)20(17,18)12-6-3-2-5-11(12)13(15)16/h2-3,5-6,10H,4,7-9H2,1H3,(H,15,16). The van der Waals surface area contributed by atoms with Crippen molar-refractivity contribution in [1.82, 2.24) is 4.31 Å². The molecule has 1 aromatic rings. The summed E-state index contributed by atoms with van der Waals surface area (Å²) in [6, 6.07) is 5.66. The van der Waals surface area contributed by atoms with Gasteiger partial charge in [0.1, 0.15) is 0 Å². The highest BCUT2D eigenvalue weighted by Gasteiger charge is 2.30. The Hall–Kier alpha value is -1.44. The number of carbonyl (C=O) groups is 1. The van der Waals surface area contributed by atoms with Gasteiger partial charge in [-0.25, -0.2) is 13.2 Å². The smallest absolute Gasteiger partial charge is 0.337 e. The third kappa shape index (κ3) is 3.00. The fraction of sp³-hybridized carbons (Fsp3) is 0.462. The van der Waals surface area contributed by atoms with Crippen LogP contribution in [-0.4, -0.2) is 49.6 Å². The summed E-state index contributed by atoms with van der Waals surface area (Å²) >= 11 is 0. The van der Waals surface area contributed by atoms with Gasteiger partial charge in [0.15, 0.2) is 0 Å². The number of ether oxygens (including phenoxy) is 1. The van der Waals surface area contributed by atoms with E-state index in [1.165, 1.54) is 28.6 Å². The maximum atomic E-state index is 12.6. The Morgan fingerprint density at radius 2 is 2.10 bits per heavy atom. The van der Waals surface area contributed by atoms with Gasteiger partial charge < -0.3 is 9.84 Å². The van der Waals surface area contributed by atoms with Crippen LogP contribution >= 0.6 is 0 Å². The van der Waals surface area contributed by atoms with Crippen molar-refractivity contribution in [2.45, 2.75) is 24.3 Å². The van der Waals surface area contributed by atoms with Gasteiger partial charge in [-0.1, -0.05) is 12.1 Å². The summed E-state index contributed by atoms with van der Waals surface area (Å²) in [6.07, 6.45) is 0.392. The SMILES string of the molecule is CC1CN(S(=O)(=O)c2ccccc2C(=O)O)CCCO1. The van der Waals surface area contributed by atoms with Gasteiger partial charge in [0, 0.05) is 19.7 Å². The minimum Gasteiger partial charge on any atom is -0.478 e. The highest BCUT2D eigenvalue weighted by Crippen LogP contribution is 2.22. The van der Waals surface area contributed by atoms with Crippen LogP contribution in [0, 0.1) is 0 Å². The van der Waals surface area contributed by atoms with Gasteiger partial charge in [-0.05, 0) is 25.5 Å². The number of sulfonamides is 1. The second kappa shape index (κ2) is 5.90. The Labute approximate surface area is 118 Å². The molecule has 1 saturated heterocycles. The molecule has 0 radical (unpaired) electrons. The maximum Gasteiger partial charge on any atom is 0.337 e. The van der Waals surface area contributed by atoms with Crippen LogP contribution in [0.5, 0.6) is 0 Å². The number of rotatable bonds is 3. The Morgan fingerprint density at radius 1 is 1.40 bits per heavy atom. The predicted molar refractivity (Wildman–Crippen MR) is 72.2 cm³/mol. The zero-order chi connectivity index (χ0) is 14.8. The van der Waals surface area contributed by atoms with Crippen LogP contribution in [0.3, 0.4) is 0 Å². The van der Waals surface area contributed by atoms with Crippen molar-refractivity contribution in [2.24, 2.45) is 0 Å². The summed E-state index contributed by atoms with van der Waals surface area (Å²) in [4.78, 5) is 11.0. The van der Waals surface area contributed by atoms with Gasteiger partial charge in [-0.15, -0.1) is 0 Å². The number of aromatic carboxylic acids is 1. The fourth-order valence-electron chi connectivity index (χ4n) is 2.18. The molecule has 1 unspecified atom stereocenters. The van der Waals surface area contributed by atoms with E-state index < -0.39 is 16.0 Å².